The van der Waals surface area contributed by atoms with Crippen molar-refractivity contribution in [3.63, 3.8) is 0 Å². The zero-order valence-corrected chi connectivity index (χ0v) is 15.1. The van der Waals surface area contributed by atoms with Crippen LogP contribution in [0.4, 0.5) is 11.4 Å². The number of fused-ring (bicyclic) bond motifs is 3. The van der Waals surface area contributed by atoms with E-state index in [1.54, 1.807) is 11.0 Å². The topological polar surface area (TPSA) is 52.7 Å². The minimum atomic E-state index is -0.0650. The second-order valence-electron chi connectivity index (χ2n) is 7.08. The van der Waals surface area contributed by atoms with Gasteiger partial charge in [0.2, 0.25) is 5.91 Å². The Morgan fingerprint density at radius 3 is 2.77 bits per heavy atom. The highest BCUT2D eigenvalue weighted by Crippen LogP contribution is 2.37. The maximum atomic E-state index is 13.0. The summed E-state index contributed by atoms with van der Waals surface area (Å²) in [5.41, 5.74) is 3.43. The van der Waals surface area contributed by atoms with E-state index in [2.05, 4.69) is 10.2 Å². The van der Waals surface area contributed by atoms with Crippen molar-refractivity contribution in [1.29, 1.82) is 0 Å². The molecule has 1 saturated heterocycles. The molecule has 2 aromatic rings. The van der Waals surface area contributed by atoms with Crippen LogP contribution < -0.4 is 10.2 Å². The zero-order valence-electron chi connectivity index (χ0n) is 15.1. The molecule has 0 saturated carbocycles. The van der Waals surface area contributed by atoms with E-state index in [0.29, 0.717) is 5.56 Å². The summed E-state index contributed by atoms with van der Waals surface area (Å²) in [7, 11) is 1.81. The molecule has 2 heterocycles. The van der Waals surface area contributed by atoms with Crippen molar-refractivity contribution >= 4 is 23.2 Å². The third-order valence-electron chi connectivity index (χ3n) is 5.55. The number of anilines is 2. The predicted octanol–water partition coefficient (Wildman–Crippen LogP) is 3.44. The highest BCUT2D eigenvalue weighted by Gasteiger charge is 2.36. The lowest BCUT2D eigenvalue weighted by molar-refractivity contribution is -0.117. The molecule has 1 N–H and O–H groups in total. The molecule has 2 aromatic carbocycles. The third-order valence-corrected chi connectivity index (χ3v) is 5.55. The minimum Gasteiger partial charge on any atom is -0.358 e. The fourth-order valence-corrected chi connectivity index (χ4v) is 3.90. The number of carbonyl (C=O) groups excluding carboxylic acids is 2. The van der Waals surface area contributed by atoms with E-state index in [1.807, 2.05) is 56.4 Å². The molecule has 0 aliphatic carbocycles. The molecule has 0 unspecified atom stereocenters. The molecule has 0 spiro atoms. The fourth-order valence-electron chi connectivity index (χ4n) is 3.90. The SMILES string of the molecule is C[C@H](c1ccccc1)N(C)C(=O)c1ccc2c(c1)NC(=O)[C@@H]1CCCN21. The molecule has 2 amide bonds. The Hall–Kier alpha value is -2.82. The molecule has 1 fully saturated rings. The molecule has 5 heteroatoms. The largest absolute Gasteiger partial charge is 0.358 e. The van der Waals surface area contributed by atoms with Gasteiger partial charge in [-0.25, -0.2) is 0 Å². The zero-order chi connectivity index (χ0) is 18.3. The van der Waals surface area contributed by atoms with E-state index in [9.17, 15) is 9.59 Å². The van der Waals surface area contributed by atoms with E-state index in [0.717, 1.165) is 36.3 Å². The van der Waals surface area contributed by atoms with Gasteiger partial charge in [0.05, 0.1) is 17.4 Å². The molecule has 0 aromatic heterocycles. The van der Waals surface area contributed by atoms with Crippen LogP contribution in [0, 0.1) is 0 Å². The summed E-state index contributed by atoms with van der Waals surface area (Å²) in [5.74, 6) is -0.0208. The van der Waals surface area contributed by atoms with Gasteiger partial charge >= 0.3 is 0 Å². The van der Waals surface area contributed by atoms with Crippen molar-refractivity contribution in [2.45, 2.75) is 31.8 Å². The summed E-state index contributed by atoms with van der Waals surface area (Å²) >= 11 is 0. The molecule has 2 atom stereocenters. The molecular weight excluding hydrogens is 326 g/mol. The van der Waals surface area contributed by atoms with Crippen LogP contribution in [0.1, 0.15) is 41.7 Å². The molecule has 26 heavy (non-hydrogen) atoms. The number of hydrogen-bond acceptors (Lipinski definition) is 3. The van der Waals surface area contributed by atoms with E-state index < -0.39 is 0 Å². The number of amides is 2. The Morgan fingerprint density at radius 2 is 2.00 bits per heavy atom. The maximum absolute atomic E-state index is 13.0. The van der Waals surface area contributed by atoms with Gasteiger partial charge in [0.15, 0.2) is 0 Å². The lowest BCUT2D eigenvalue weighted by atomic mass is 10.0. The van der Waals surface area contributed by atoms with Gasteiger partial charge in [0.25, 0.3) is 5.91 Å². The number of benzene rings is 2. The molecule has 2 aliphatic rings. The first-order valence-corrected chi connectivity index (χ1v) is 9.10. The molecule has 0 bridgehead atoms. The van der Waals surface area contributed by atoms with Gasteiger partial charge in [-0.2, -0.15) is 0 Å². The van der Waals surface area contributed by atoms with Gasteiger partial charge in [0, 0.05) is 19.2 Å². The Labute approximate surface area is 153 Å². The van der Waals surface area contributed by atoms with Crippen molar-refractivity contribution in [3.05, 3.63) is 59.7 Å². The van der Waals surface area contributed by atoms with E-state index >= 15 is 0 Å². The molecular formula is C21H23N3O2. The van der Waals surface area contributed by atoms with Crippen LogP contribution in [0.25, 0.3) is 0 Å². The average molecular weight is 349 g/mol. The number of hydrogen-bond donors (Lipinski definition) is 1. The number of carbonyl (C=O) groups is 2. The van der Waals surface area contributed by atoms with Crippen LogP contribution in [-0.2, 0) is 4.79 Å². The van der Waals surface area contributed by atoms with Gasteiger partial charge in [-0.05, 0) is 43.5 Å². The number of rotatable bonds is 3. The minimum absolute atomic E-state index is 0.0303. The predicted molar refractivity (Wildman–Crippen MR) is 102 cm³/mol. The summed E-state index contributed by atoms with van der Waals surface area (Å²) < 4.78 is 0. The maximum Gasteiger partial charge on any atom is 0.254 e. The Morgan fingerprint density at radius 1 is 1.23 bits per heavy atom. The van der Waals surface area contributed by atoms with Gasteiger partial charge in [-0.15, -0.1) is 0 Å². The van der Waals surface area contributed by atoms with Gasteiger partial charge < -0.3 is 15.1 Å². The van der Waals surface area contributed by atoms with Crippen LogP contribution in [0.5, 0.6) is 0 Å². The highest BCUT2D eigenvalue weighted by atomic mass is 16.2. The summed E-state index contributed by atoms with van der Waals surface area (Å²) in [6.45, 7) is 2.91. The summed E-state index contributed by atoms with van der Waals surface area (Å²) in [6, 6.07) is 15.5. The van der Waals surface area contributed by atoms with Crippen molar-refractivity contribution < 1.29 is 9.59 Å². The van der Waals surface area contributed by atoms with Crippen molar-refractivity contribution in [1.82, 2.24) is 4.90 Å². The summed E-state index contributed by atoms with van der Waals surface area (Å²) in [4.78, 5) is 29.1. The fraction of sp³-hybridized carbons (Fsp3) is 0.333. The quantitative estimate of drug-likeness (QED) is 0.923. The molecule has 5 nitrogen and oxygen atoms in total. The van der Waals surface area contributed by atoms with E-state index in [1.165, 1.54) is 0 Å². The van der Waals surface area contributed by atoms with Crippen molar-refractivity contribution in [2.24, 2.45) is 0 Å². The number of nitrogens with zero attached hydrogens (tertiary/aromatic N) is 2. The second-order valence-corrected chi connectivity index (χ2v) is 7.08. The van der Waals surface area contributed by atoms with Crippen LogP contribution >= 0.6 is 0 Å². The lowest BCUT2D eigenvalue weighted by Gasteiger charge is -2.33. The molecule has 134 valence electrons. The van der Waals surface area contributed by atoms with Crippen LogP contribution in [0.15, 0.2) is 48.5 Å². The smallest absolute Gasteiger partial charge is 0.254 e. The van der Waals surface area contributed by atoms with Gasteiger partial charge in [0.1, 0.15) is 6.04 Å². The van der Waals surface area contributed by atoms with Crippen LogP contribution in [0.3, 0.4) is 0 Å². The van der Waals surface area contributed by atoms with Gasteiger partial charge in [-0.3, -0.25) is 9.59 Å². The first-order chi connectivity index (χ1) is 12.6. The second kappa shape index (κ2) is 6.48. The monoisotopic (exact) mass is 349 g/mol. The Balaban J connectivity index is 1.59. The highest BCUT2D eigenvalue weighted by molar-refractivity contribution is 6.06. The number of nitrogens with one attached hydrogen (secondary N) is 1. The average Bonchev–Trinajstić information content (AvgIpc) is 3.17. The molecule has 2 aliphatic heterocycles. The Kier molecular flexibility index (Phi) is 4.15. The Bertz CT molecular complexity index is 850. The normalized spacial score (nSPS) is 19.4. The summed E-state index contributed by atoms with van der Waals surface area (Å²) in [5, 5.41) is 2.98. The summed E-state index contributed by atoms with van der Waals surface area (Å²) in [6.07, 6.45) is 1.92. The molecule has 4 rings (SSSR count). The van der Waals surface area contributed by atoms with Crippen LogP contribution in [0.2, 0.25) is 0 Å². The standard InChI is InChI=1S/C21H23N3O2/c1-14(15-7-4-3-5-8-15)23(2)21(26)16-10-11-18-17(13-16)22-20(25)19-9-6-12-24(18)19/h3-5,7-8,10-11,13-14,19H,6,9,12H2,1-2H3,(H,22,25)/t14-,19+/m1/s1. The van der Waals surface area contributed by atoms with Crippen molar-refractivity contribution in [2.75, 3.05) is 23.8 Å². The first kappa shape index (κ1) is 16.6. The molecule has 0 radical (unpaired) electrons. The first-order valence-electron chi connectivity index (χ1n) is 9.10. The van der Waals surface area contributed by atoms with Crippen LogP contribution in [-0.4, -0.2) is 36.3 Å². The van der Waals surface area contributed by atoms with E-state index in [-0.39, 0.29) is 23.9 Å². The van der Waals surface area contributed by atoms with Gasteiger partial charge in [-0.1, -0.05) is 30.3 Å². The third kappa shape index (κ3) is 2.73. The lowest BCUT2D eigenvalue weighted by Crippen LogP contribution is -2.44. The van der Waals surface area contributed by atoms with E-state index in [4.69, 9.17) is 0 Å². The van der Waals surface area contributed by atoms with Crippen molar-refractivity contribution in [3.8, 4) is 0 Å².